The van der Waals surface area contributed by atoms with E-state index < -0.39 is 11.7 Å². The molecule has 0 aromatic heterocycles. The summed E-state index contributed by atoms with van der Waals surface area (Å²) in [7, 11) is 0. The van der Waals surface area contributed by atoms with Crippen molar-refractivity contribution in [3.05, 3.63) is 41.5 Å². The van der Waals surface area contributed by atoms with Crippen LogP contribution in [-0.2, 0) is 6.18 Å². The highest BCUT2D eigenvalue weighted by atomic mass is 19.4. The van der Waals surface area contributed by atoms with Gasteiger partial charge in [0.05, 0.1) is 11.3 Å². The highest BCUT2D eigenvalue weighted by Gasteiger charge is 2.31. The summed E-state index contributed by atoms with van der Waals surface area (Å²) in [6.45, 7) is 15.4. The molecular weight excluding hydrogens is 469 g/mol. The Morgan fingerprint density at radius 3 is 2.19 bits per heavy atom. The van der Waals surface area contributed by atoms with Crippen LogP contribution in [-0.4, -0.2) is 18.3 Å². The Hall–Kier alpha value is -1.62. The van der Waals surface area contributed by atoms with Crippen LogP contribution in [0.2, 0.25) is 0 Å². The second-order valence-electron chi connectivity index (χ2n) is 10.2. The molecular formula is C32H53F3N2. The first-order valence-electron chi connectivity index (χ1n) is 14.9. The molecule has 3 rings (SSSR count). The van der Waals surface area contributed by atoms with Crippen molar-refractivity contribution < 1.29 is 13.2 Å². The Morgan fingerprint density at radius 1 is 1.00 bits per heavy atom. The molecule has 1 atom stereocenters. The minimum absolute atomic E-state index is 0.257. The van der Waals surface area contributed by atoms with Crippen LogP contribution in [0.15, 0.2) is 35.3 Å². The summed E-state index contributed by atoms with van der Waals surface area (Å²) in [5, 5.41) is 3.80. The van der Waals surface area contributed by atoms with E-state index in [0.29, 0.717) is 23.2 Å². The third-order valence-corrected chi connectivity index (χ3v) is 7.61. The summed E-state index contributed by atoms with van der Waals surface area (Å²) < 4.78 is 39.8. The molecule has 2 aliphatic rings. The van der Waals surface area contributed by atoms with E-state index in [-0.39, 0.29) is 5.92 Å². The molecule has 2 saturated carbocycles. The molecule has 2 nitrogen and oxygen atoms in total. The fraction of sp³-hybridized carbons (Fsp3) is 0.719. The van der Waals surface area contributed by atoms with Crippen LogP contribution < -0.4 is 5.32 Å². The van der Waals surface area contributed by atoms with Crippen molar-refractivity contribution in [1.29, 1.82) is 0 Å². The Labute approximate surface area is 225 Å². The number of alkyl halides is 3. The average molecular weight is 523 g/mol. The third-order valence-electron chi connectivity index (χ3n) is 7.61. The maximum absolute atomic E-state index is 13.3. The molecule has 5 heteroatoms. The number of benzene rings is 1. The Balaban J connectivity index is 0.00000163. The normalized spacial score (nSPS) is 22.3. The number of aliphatic imine (C=N–C) groups is 1. The SMILES string of the molecule is CC.CC.CCC(C)/C=C(\N=C(C)C1CCC(CNC2CCCCC2)CC1)c1cccc(C(F)(F)F)c1. The van der Waals surface area contributed by atoms with Gasteiger partial charge in [-0.05, 0) is 81.9 Å². The molecule has 1 N–H and O–H groups in total. The molecule has 0 spiro atoms. The molecule has 0 amide bonds. The number of hydrogen-bond donors (Lipinski definition) is 1. The van der Waals surface area contributed by atoms with Crippen LogP contribution in [0.1, 0.15) is 124 Å². The van der Waals surface area contributed by atoms with E-state index in [0.717, 1.165) is 43.5 Å². The fourth-order valence-electron chi connectivity index (χ4n) is 5.15. The molecule has 0 bridgehead atoms. The van der Waals surface area contributed by atoms with Gasteiger partial charge in [0.1, 0.15) is 0 Å². The molecule has 2 fully saturated rings. The van der Waals surface area contributed by atoms with Crippen molar-refractivity contribution >= 4 is 11.4 Å². The maximum atomic E-state index is 13.3. The number of nitrogens with zero attached hydrogens (tertiary/aromatic N) is 1. The monoisotopic (exact) mass is 522 g/mol. The predicted molar refractivity (Wildman–Crippen MR) is 155 cm³/mol. The molecule has 2 aliphatic carbocycles. The van der Waals surface area contributed by atoms with Crippen LogP contribution in [0.4, 0.5) is 13.2 Å². The zero-order chi connectivity index (χ0) is 27.8. The average Bonchev–Trinajstić information content (AvgIpc) is 2.94. The number of hydrogen-bond acceptors (Lipinski definition) is 2. The number of rotatable bonds is 8. The molecule has 0 heterocycles. The maximum Gasteiger partial charge on any atom is 0.416 e. The quantitative estimate of drug-likeness (QED) is 0.337. The van der Waals surface area contributed by atoms with Crippen molar-refractivity contribution in [2.24, 2.45) is 22.7 Å². The molecule has 0 radical (unpaired) electrons. The van der Waals surface area contributed by atoms with Gasteiger partial charge in [-0.15, -0.1) is 0 Å². The lowest BCUT2D eigenvalue weighted by molar-refractivity contribution is -0.137. The van der Waals surface area contributed by atoms with E-state index in [9.17, 15) is 13.2 Å². The van der Waals surface area contributed by atoms with Crippen LogP contribution in [0, 0.1) is 17.8 Å². The zero-order valence-corrected chi connectivity index (χ0v) is 24.6. The second-order valence-corrected chi connectivity index (χ2v) is 10.2. The first-order chi connectivity index (χ1) is 17.8. The van der Waals surface area contributed by atoms with Gasteiger partial charge in [0.15, 0.2) is 0 Å². The van der Waals surface area contributed by atoms with E-state index >= 15 is 0 Å². The van der Waals surface area contributed by atoms with Crippen molar-refractivity contribution in [3.63, 3.8) is 0 Å². The molecule has 1 aromatic carbocycles. The Kier molecular flexibility index (Phi) is 16.1. The Bertz CT molecular complexity index is 798. The topological polar surface area (TPSA) is 24.4 Å². The van der Waals surface area contributed by atoms with Gasteiger partial charge in [0.2, 0.25) is 0 Å². The summed E-state index contributed by atoms with van der Waals surface area (Å²) in [5.74, 6) is 1.41. The van der Waals surface area contributed by atoms with Gasteiger partial charge in [-0.2, -0.15) is 13.2 Å². The first-order valence-corrected chi connectivity index (χ1v) is 14.9. The van der Waals surface area contributed by atoms with Crippen LogP contribution >= 0.6 is 0 Å². The smallest absolute Gasteiger partial charge is 0.314 e. The second kappa shape index (κ2) is 17.8. The molecule has 0 saturated heterocycles. The van der Waals surface area contributed by atoms with E-state index in [1.54, 1.807) is 6.07 Å². The van der Waals surface area contributed by atoms with E-state index in [1.165, 1.54) is 57.1 Å². The van der Waals surface area contributed by atoms with Crippen molar-refractivity contribution in [3.8, 4) is 0 Å². The van der Waals surface area contributed by atoms with E-state index in [4.69, 9.17) is 4.99 Å². The van der Waals surface area contributed by atoms with Gasteiger partial charge in [0, 0.05) is 17.3 Å². The number of allylic oxidation sites excluding steroid dienone is 1. The highest BCUT2D eigenvalue weighted by Crippen LogP contribution is 2.34. The number of nitrogens with one attached hydrogen (secondary N) is 1. The highest BCUT2D eigenvalue weighted by molar-refractivity contribution is 5.90. The standard InChI is InChI=1S/C28H41F3N2.2C2H6/c1-4-20(2)17-27(24-9-8-10-25(18-24)28(29,30)31)33-21(3)23-15-13-22(14-16-23)19-32-26-11-6-5-7-12-26;2*1-2/h8-10,17-18,20,22-23,26,32H,4-7,11-16,19H2,1-3H3;2*1-2H3/b27-17-,33-21?;;. The molecule has 1 unspecified atom stereocenters. The molecule has 1 aromatic rings. The number of halogens is 3. The molecule has 37 heavy (non-hydrogen) atoms. The lowest BCUT2D eigenvalue weighted by Crippen LogP contribution is -2.36. The fourth-order valence-corrected chi connectivity index (χ4v) is 5.15. The van der Waals surface area contributed by atoms with Gasteiger partial charge in [-0.3, -0.25) is 4.99 Å². The van der Waals surface area contributed by atoms with Gasteiger partial charge in [-0.25, -0.2) is 0 Å². The summed E-state index contributed by atoms with van der Waals surface area (Å²) in [4.78, 5) is 4.92. The first kappa shape index (κ1) is 33.4. The van der Waals surface area contributed by atoms with Crippen LogP contribution in [0.5, 0.6) is 0 Å². The molecule has 212 valence electrons. The van der Waals surface area contributed by atoms with Crippen molar-refractivity contribution in [2.75, 3.05) is 6.54 Å². The summed E-state index contributed by atoms with van der Waals surface area (Å²) in [6, 6.07) is 6.30. The van der Waals surface area contributed by atoms with Gasteiger partial charge in [0.25, 0.3) is 0 Å². The zero-order valence-electron chi connectivity index (χ0n) is 24.6. The minimum Gasteiger partial charge on any atom is -0.314 e. The van der Waals surface area contributed by atoms with Crippen LogP contribution in [0.25, 0.3) is 5.70 Å². The van der Waals surface area contributed by atoms with E-state index in [1.807, 2.05) is 33.8 Å². The lowest BCUT2D eigenvalue weighted by Gasteiger charge is -2.31. The summed E-state index contributed by atoms with van der Waals surface area (Å²) in [6.07, 6.45) is 9.99. The van der Waals surface area contributed by atoms with Crippen molar-refractivity contribution in [2.45, 2.75) is 125 Å². The summed E-state index contributed by atoms with van der Waals surface area (Å²) >= 11 is 0. The van der Waals surface area contributed by atoms with E-state index in [2.05, 4.69) is 26.1 Å². The van der Waals surface area contributed by atoms with Gasteiger partial charge >= 0.3 is 6.18 Å². The molecule has 0 aliphatic heterocycles. The van der Waals surface area contributed by atoms with Gasteiger partial charge < -0.3 is 5.32 Å². The largest absolute Gasteiger partial charge is 0.416 e. The van der Waals surface area contributed by atoms with Gasteiger partial charge in [-0.1, -0.05) is 85.4 Å². The Morgan fingerprint density at radius 2 is 1.62 bits per heavy atom. The summed E-state index contributed by atoms with van der Waals surface area (Å²) in [5.41, 5.74) is 1.67. The predicted octanol–water partition coefficient (Wildman–Crippen LogP) is 10.3. The third kappa shape index (κ3) is 11.8. The minimum atomic E-state index is -4.35. The van der Waals surface area contributed by atoms with Crippen LogP contribution in [0.3, 0.4) is 0 Å². The lowest BCUT2D eigenvalue weighted by atomic mass is 9.79. The van der Waals surface area contributed by atoms with Crippen molar-refractivity contribution in [1.82, 2.24) is 5.32 Å².